The molecule has 10 heteroatoms. The first-order valence-electron chi connectivity index (χ1n) is 8.65. The Hall–Kier alpha value is -3.66. The van der Waals surface area contributed by atoms with Crippen molar-refractivity contribution >= 4 is 34.0 Å². The topological polar surface area (TPSA) is 127 Å². The number of hydrogen-bond donors (Lipinski definition) is 2. The van der Waals surface area contributed by atoms with Gasteiger partial charge in [0.25, 0.3) is 5.69 Å². The highest BCUT2D eigenvalue weighted by atomic mass is 32.1. The van der Waals surface area contributed by atoms with Crippen molar-refractivity contribution in [2.24, 2.45) is 0 Å². The smallest absolute Gasteiger partial charge is 0.269 e. The van der Waals surface area contributed by atoms with Crippen LogP contribution in [0.25, 0.3) is 10.6 Å². The summed E-state index contributed by atoms with van der Waals surface area (Å²) in [7, 11) is 0. The van der Waals surface area contributed by atoms with Gasteiger partial charge in [0.05, 0.1) is 11.3 Å². The largest absolute Gasteiger partial charge is 0.344 e. The third-order valence-electron chi connectivity index (χ3n) is 3.96. The molecule has 0 spiro atoms. The summed E-state index contributed by atoms with van der Waals surface area (Å²) in [5, 5.41) is 24.7. The minimum Gasteiger partial charge on any atom is -0.344 e. The quantitative estimate of drug-likeness (QED) is 0.455. The molecule has 1 heterocycles. The fraction of sp³-hybridized carbons (Fsp3) is 0.158. The van der Waals surface area contributed by atoms with Crippen LogP contribution in [0.15, 0.2) is 54.6 Å². The Morgan fingerprint density at radius 3 is 2.45 bits per heavy atom. The van der Waals surface area contributed by atoms with Crippen LogP contribution in [-0.2, 0) is 16.0 Å². The number of anilines is 1. The number of nitrogens with zero attached hydrogens (tertiary/aromatic N) is 3. The van der Waals surface area contributed by atoms with Gasteiger partial charge in [-0.1, -0.05) is 41.7 Å². The number of nitrogens with one attached hydrogen (secondary N) is 2. The van der Waals surface area contributed by atoms with Crippen molar-refractivity contribution in [3.63, 3.8) is 0 Å². The molecule has 0 radical (unpaired) electrons. The Morgan fingerprint density at radius 2 is 1.79 bits per heavy atom. The van der Waals surface area contributed by atoms with E-state index in [-0.39, 0.29) is 23.1 Å². The lowest BCUT2D eigenvalue weighted by atomic mass is 10.1. The SMILES string of the molecule is C[C@@H](NC(=O)Cc1ccccc1)C(=O)Nc1nnc(-c2ccc([N+](=O)[O-])cc2)s1. The molecule has 9 nitrogen and oxygen atoms in total. The maximum atomic E-state index is 12.3. The zero-order valence-electron chi connectivity index (χ0n) is 15.4. The van der Waals surface area contributed by atoms with Gasteiger partial charge in [-0.25, -0.2) is 0 Å². The first-order chi connectivity index (χ1) is 13.9. The molecule has 1 atom stereocenters. The summed E-state index contributed by atoms with van der Waals surface area (Å²) in [6, 6.07) is 14.4. The highest BCUT2D eigenvalue weighted by molar-refractivity contribution is 7.18. The van der Waals surface area contributed by atoms with Gasteiger partial charge in [0.2, 0.25) is 16.9 Å². The fourth-order valence-corrected chi connectivity index (χ4v) is 3.22. The number of carbonyl (C=O) groups excluding carboxylic acids is 2. The number of nitro benzene ring substituents is 1. The Balaban J connectivity index is 1.56. The molecule has 2 amide bonds. The van der Waals surface area contributed by atoms with Crippen LogP contribution < -0.4 is 10.6 Å². The van der Waals surface area contributed by atoms with E-state index in [4.69, 9.17) is 0 Å². The first-order valence-corrected chi connectivity index (χ1v) is 9.46. The van der Waals surface area contributed by atoms with Gasteiger partial charge < -0.3 is 5.32 Å². The molecular formula is C19H17N5O4S. The number of rotatable bonds is 7. The van der Waals surface area contributed by atoms with E-state index in [0.29, 0.717) is 10.6 Å². The van der Waals surface area contributed by atoms with E-state index >= 15 is 0 Å². The van der Waals surface area contributed by atoms with Gasteiger partial charge in [-0.15, -0.1) is 10.2 Å². The lowest BCUT2D eigenvalue weighted by Gasteiger charge is -2.12. The van der Waals surface area contributed by atoms with Gasteiger partial charge in [0, 0.05) is 17.7 Å². The highest BCUT2D eigenvalue weighted by Crippen LogP contribution is 2.27. The van der Waals surface area contributed by atoms with Gasteiger partial charge in [0.15, 0.2) is 0 Å². The minimum atomic E-state index is -0.752. The summed E-state index contributed by atoms with van der Waals surface area (Å²) >= 11 is 1.13. The minimum absolute atomic E-state index is 0.0214. The second-order valence-corrected chi connectivity index (χ2v) is 7.13. The Labute approximate surface area is 169 Å². The zero-order chi connectivity index (χ0) is 20.8. The lowest BCUT2D eigenvalue weighted by Crippen LogP contribution is -2.42. The number of amides is 2. The predicted molar refractivity (Wildman–Crippen MR) is 108 cm³/mol. The maximum absolute atomic E-state index is 12.3. The van der Waals surface area contributed by atoms with Gasteiger partial charge in [-0.05, 0) is 24.6 Å². The summed E-state index contributed by atoms with van der Waals surface area (Å²) in [6.07, 6.45) is 0.182. The fourth-order valence-electron chi connectivity index (χ4n) is 2.47. The normalized spacial score (nSPS) is 11.5. The molecule has 148 valence electrons. The number of aromatic nitrogens is 2. The van der Waals surface area contributed by atoms with E-state index in [1.54, 1.807) is 19.1 Å². The van der Waals surface area contributed by atoms with Crippen molar-refractivity contribution in [3.05, 3.63) is 70.3 Å². The molecule has 0 bridgehead atoms. The van der Waals surface area contributed by atoms with E-state index in [2.05, 4.69) is 20.8 Å². The third-order valence-corrected chi connectivity index (χ3v) is 4.85. The summed E-state index contributed by atoms with van der Waals surface area (Å²) < 4.78 is 0. The van der Waals surface area contributed by atoms with Crippen LogP contribution in [0, 0.1) is 10.1 Å². The van der Waals surface area contributed by atoms with Crippen LogP contribution >= 0.6 is 11.3 Å². The molecular weight excluding hydrogens is 394 g/mol. The predicted octanol–water partition coefficient (Wildman–Crippen LogP) is 2.80. The number of hydrogen-bond acceptors (Lipinski definition) is 7. The van der Waals surface area contributed by atoms with Crippen molar-refractivity contribution < 1.29 is 14.5 Å². The number of carbonyl (C=O) groups is 2. The van der Waals surface area contributed by atoms with Crippen LogP contribution in [0.1, 0.15) is 12.5 Å². The van der Waals surface area contributed by atoms with Crippen LogP contribution in [0.2, 0.25) is 0 Å². The molecule has 3 rings (SSSR count). The first kappa shape index (κ1) is 20.1. The molecule has 29 heavy (non-hydrogen) atoms. The van der Waals surface area contributed by atoms with Crippen molar-refractivity contribution in [1.29, 1.82) is 0 Å². The van der Waals surface area contributed by atoms with Gasteiger partial charge >= 0.3 is 0 Å². The second-order valence-electron chi connectivity index (χ2n) is 6.16. The standard InChI is InChI=1S/C19H17N5O4S/c1-12(20-16(25)11-13-5-3-2-4-6-13)17(26)21-19-23-22-18(29-19)14-7-9-15(10-8-14)24(27)28/h2-10,12H,11H2,1H3,(H,20,25)(H,21,23,26)/t12-/m1/s1. The number of non-ortho nitro benzene ring substituents is 1. The number of nitro groups is 1. The Bertz CT molecular complexity index is 1020. The van der Waals surface area contributed by atoms with Crippen LogP contribution in [0.5, 0.6) is 0 Å². The van der Waals surface area contributed by atoms with Crippen LogP contribution in [0.4, 0.5) is 10.8 Å². The Kier molecular flexibility index (Phi) is 6.25. The van der Waals surface area contributed by atoms with Crippen molar-refractivity contribution in [1.82, 2.24) is 15.5 Å². The van der Waals surface area contributed by atoms with Crippen molar-refractivity contribution in [2.75, 3.05) is 5.32 Å². The molecule has 2 aromatic carbocycles. The highest BCUT2D eigenvalue weighted by Gasteiger charge is 2.18. The third kappa shape index (κ3) is 5.42. The van der Waals surface area contributed by atoms with Gasteiger partial charge in [-0.3, -0.25) is 25.0 Å². The second kappa shape index (κ2) is 9.02. The summed E-state index contributed by atoms with van der Waals surface area (Å²) in [5.41, 5.74) is 1.49. The monoisotopic (exact) mass is 411 g/mol. The molecule has 2 N–H and O–H groups in total. The Morgan fingerprint density at radius 1 is 1.10 bits per heavy atom. The average Bonchev–Trinajstić information content (AvgIpc) is 3.17. The zero-order valence-corrected chi connectivity index (χ0v) is 16.2. The lowest BCUT2D eigenvalue weighted by molar-refractivity contribution is -0.384. The van der Waals surface area contributed by atoms with E-state index in [9.17, 15) is 19.7 Å². The van der Waals surface area contributed by atoms with Crippen molar-refractivity contribution in [3.8, 4) is 10.6 Å². The summed E-state index contributed by atoms with van der Waals surface area (Å²) in [5.74, 6) is -0.680. The van der Waals surface area contributed by atoms with E-state index in [1.165, 1.54) is 12.1 Å². The molecule has 0 aliphatic rings. The van der Waals surface area contributed by atoms with Crippen molar-refractivity contribution in [2.45, 2.75) is 19.4 Å². The molecule has 0 aliphatic carbocycles. The molecule has 0 aliphatic heterocycles. The average molecular weight is 411 g/mol. The van der Waals surface area contributed by atoms with E-state index < -0.39 is 16.9 Å². The summed E-state index contributed by atoms with van der Waals surface area (Å²) in [6.45, 7) is 1.58. The molecule has 3 aromatic rings. The number of benzene rings is 2. The molecule has 1 aromatic heterocycles. The molecule has 0 saturated carbocycles. The van der Waals surface area contributed by atoms with Crippen LogP contribution in [0.3, 0.4) is 0 Å². The maximum Gasteiger partial charge on any atom is 0.269 e. The van der Waals surface area contributed by atoms with Gasteiger partial charge in [-0.2, -0.15) is 0 Å². The van der Waals surface area contributed by atoms with E-state index in [0.717, 1.165) is 16.9 Å². The molecule has 0 fully saturated rings. The molecule has 0 unspecified atom stereocenters. The van der Waals surface area contributed by atoms with Gasteiger partial charge in [0.1, 0.15) is 11.0 Å². The van der Waals surface area contributed by atoms with Crippen LogP contribution in [-0.4, -0.2) is 33.0 Å². The van der Waals surface area contributed by atoms with E-state index in [1.807, 2.05) is 30.3 Å². The molecule has 0 saturated heterocycles. The summed E-state index contributed by atoms with van der Waals surface area (Å²) in [4.78, 5) is 34.6.